The third kappa shape index (κ3) is 4.00. The molecule has 12 heteroatoms. The van der Waals surface area contributed by atoms with Crippen molar-refractivity contribution in [1.82, 2.24) is 4.98 Å². The third-order valence-electron chi connectivity index (χ3n) is 3.98. The molecule has 0 saturated heterocycles. The fourth-order valence-electron chi connectivity index (χ4n) is 2.83. The summed E-state index contributed by atoms with van der Waals surface area (Å²) in [6.07, 6.45) is 1.59. The van der Waals surface area contributed by atoms with Crippen molar-refractivity contribution in [3.8, 4) is 11.1 Å². The zero-order valence-electron chi connectivity index (χ0n) is 14.3. The van der Waals surface area contributed by atoms with Gasteiger partial charge in [-0.2, -0.15) is 0 Å². The Labute approximate surface area is 160 Å². The van der Waals surface area contributed by atoms with Gasteiger partial charge in [-0.15, -0.1) is 0 Å². The molecule has 1 aromatic carbocycles. The molecule has 0 bridgehead atoms. The summed E-state index contributed by atoms with van der Waals surface area (Å²) >= 11 is 0. The van der Waals surface area contributed by atoms with Gasteiger partial charge in [0.25, 0.3) is 5.69 Å². The highest BCUT2D eigenvalue weighted by Gasteiger charge is 2.38. The predicted molar refractivity (Wildman–Crippen MR) is 92.4 cm³/mol. The summed E-state index contributed by atoms with van der Waals surface area (Å²) < 4.78 is 0. The Balaban J connectivity index is 3.03. The van der Waals surface area contributed by atoms with Crippen LogP contribution in [0, 0.1) is 10.1 Å². The molecule has 0 amide bonds. The molecule has 2 aromatic rings. The van der Waals surface area contributed by atoms with E-state index in [0.29, 0.717) is 0 Å². The Kier molecular flexibility index (Phi) is 5.87. The van der Waals surface area contributed by atoms with Crippen molar-refractivity contribution in [2.24, 2.45) is 0 Å². The molecule has 1 aromatic heterocycles. The topological polar surface area (TPSA) is 205 Å². The lowest BCUT2D eigenvalue weighted by atomic mass is 9.84. The van der Waals surface area contributed by atoms with E-state index < -0.39 is 63.0 Å². The number of nitrogens with zero attached hydrogens (tertiary/aromatic N) is 2. The number of carboxylic acids is 4. The minimum atomic E-state index is -2.28. The van der Waals surface area contributed by atoms with Crippen molar-refractivity contribution < 1.29 is 44.5 Å². The molecule has 0 spiro atoms. The van der Waals surface area contributed by atoms with Gasteiger partial charge in [-0.1, -0.05) is 12.1 Å². The Morgan fingerprint density at radius 1 is 0.828 bits per heavy atom. The SMILES string of the molecule is O=C(O)C(C(=O)O)c1cncc(C(C(=O)O)C(=O)O)c1-c1ccccc1[N+](=O)[O-]. The first-order chi connectivity index (χ1) is 13.6. The molecule has 12 nitrogen and oxygen atoms in total. The maximum Gasteiger partial charge on any atom is 0.322 e. The summed E-state index contributed by atoms with van der Waals surface area (Å²) in [5.74, 6) is -11.9. The molecule has 1 heterocycles. The standard InChI is InChI=1S/C17H12N2O10/c20-14(21)12(15(22)23)8-5-18-6-9(13(16(24)25)17(26)27)11(8)7-3-1-2-4-10(7)19(28)29/h1-6,12-13H,(H,20,21)(H,22,23)(H,24,25)(H,26,27). The number of hydrogen-bond acceptors (Lipinski definition) is 7. The van der Waals surface area contributed by atoms with Crippen LogP contribution in [0.5, 0.6) is 0 Å². The lowest BCUT2D eigenvalue weighted by molar-refractivity contribution is -0.384. The number of hydrogen-bond donors (Lipinski definition) is 4. The molecule has 4 N–H and O–H groups in total. The molecule has 150 valence electrons. The molecular weight excluding hydrogens is 392 g/mol. The van der Waals surface area contributed by atoms with Gasteiger partial charge in [0.15, 0.2) is 11.8 Å². The number of carboxylic acid groups (broad SMARTS) is 4. The van der Waals surface area contributed by atoms with Gasteiger partial charge in [0.05, 0.1) is 10.5 Å². The van der Waals surface area contributed by atoms with Crippen LogP contribution in [0.15, 0.2) is 36.7 Å². The average Bonchev–Trinajstić information content (AvgIpc) is 2.60. The largest absolute Gasteiger partial charge is 0.480 e. The maximum absolute atomic E-state index is 11.5. The Morgan fingerprint density at radius 2 is 1.24 bits per heavy atom. The van der Waals surface area contributed by atoms with Crippen LogP contribution in [0.4, 0.5) is 5.69 Å². The fourth-order valence-corrected chi connectivity index (χ4v) is 2.83. The smallest absolute Gasteiger partial charge is 0.322 e. The third-order valence-corrected chi connectivity index (χ3v) is 3.98. The zero-order valence-corrected chi connectivity index (χ0v) is 14.3. The van der Waals surface area contributed by atoms with Gasteiger partial charge >= 0.3 is 23.9 Å². The van der Waals surface area contributed by atoms with Crippen molar-refractivity contribution in [3.63, 3.8) is 0 Å². The first-order valence-electron chi connectivity index (χ1n) is 7.70. The number of benzene rings is 1. The Bertz CT molecular complexity index is 954. The molecule has 2 rings (SSSR count). The summed E-state index contributed by atoms with van der Waals surface area (Å²) in [6, 6.07) is 4.74. The summed E-state index contributed by atoms with van der Waals surface area (Å²) in [5.41, 5.74) is -2.64. The van der Waals surface area contributed by atoms with Crippen LogP contribution in [0.3, 0.4) is 0 Å². The molecule has 0 aliphatic heterocycles. The fraction of sp³-hybridized carbons (Fsp3) is 0.118. The van der Waals surface area contributed by atoms with Crippen LogP contribution in [-0.4, -0.2) is 54.2 Å². The van der Waals surface area contributed by atoms with Crippen molar-refractivity contribution >= 4 is 29.6 Å². The monoisotopic (exact) mass is 404 g/mol. The van der Waals surface area contributed by atoms with Gasteiger partial charge in [-0.3, -0.25) is 34.3 Å². The zero-order chi connectivity index (χ0) is 21.9. The second-order valence-corrected chi connectivity index (χ2v) is 5.69. The number of para-hydroxylation sites is 1. The number of carbonyl (C=O) groups is 4. The van der Waals surface area contributed by atoms with Crippen molar-refractivity contribution in [3.05, 3.63) is 57.9 Å². The number of aromatic nitrogens is 1. The van der Waals surface area contributed by atoms with E-state index >= 15 is 0 Å². The molecule has 29 heavy (non-hydrogen) atoms. The Morgan fingerprint density at radius 3 is 1.62 bits per heavy atom. The summed E-state index contributed by atoms with van der Waals surface area (Å²) in [7, 11) is 0. The van der Waals surface area contributed by atoms with E-state index in [4.69, 9.17) is 0 Å². The van der Waals surface area contributed by atoms with E-state index in [0.717, 1.165) is 24.5 Å². The van der Waals surface area contributed by atoms with Crippen molar-refractivity contribution in [1.29, 1.82) is 0 Å². The maximum atomic E-state index is 11.5. The molecule has 0 saturated carbocycles. The highest BCUT2D eigenvalue weighted by Crippen LogP contribution is 2.40. The van der Waals surface area contributed by atoms with Crippen LogP contribution in [-0.2, 0) is 19.2 Å². The quantitative estimate of drug-likeness (QED) is 0.279. The highest BCUT2D eigenvalue weighted by molar-refractivity contribution is 6.04. The van der Waals surface area contributed by atoms with E-state index in [9.17, 15) is 49.7 Å². The van der Waals surface area contributed by atoms with Crippen LogP contribution < -0.4 is 0 Å². The number of nitro benzene ring substituents is 1. The molecule has 0 fully saturated rings. The van der Waals surface area contributed by atoms with Crippen LogP contribution in [0.25, 0.3) is 11.1 Å². The molecule has 0 aliphatic carbocycles. The van der Waals surface area contributed by atoms with Gasteiger partial charge < -0.3 is 20.4 Å². The number of rotatable bonds is 8. The number of pyridine rings is 1. The van der Waals surface area contributed by atoms with E-state index in [-0.39, 0.29) is 5.56 Å². The lowest BCUT2D eigenvalue weighted by Crippen LogP contribution is -2.26. The molecule has 0 unspecified atom stereocenters. The highest BCUT2D eigenvalue weighted by atomic mass is 16.6. The molecule has 0 radical (unpaired) electrons. The second kappa shape index (κ2) is 8.12. The summed E-state index contributed by atoms with van der Waals surface area (Å²) in [6.45, 7) is 0. The second-order valence-electron chi connectivity index (χ2n) is 5.69. The minimum absolute atomic E-state index is 0.343. The van der Waals surface area contributed by atoms with Crippen LogP contribution in [0.2, 0.25) is 0 Å². The summed E-state index contributed by atoms with van der Waals surface area (Å²) in [4.78, 5) is 60.2. The van der Waals surface area contributed by atoms with Crippen molar-refractivity contribution in [2.45, 2.75) is 11.8 Å². The van der Waals surface area contributed by atoms with Gasteiger partial charge in [0.2, 0.25) is 0 Å². The van der Waals surface area contributed by atoms with Gasteiger partial charge in [-0.25, -0.2) is 0 Å². The van der Waals surface area contributed by atoms with Gasteiger partial charge in [0, 0.05) is 35.2 Å². The first-order valence-corrected chi connectivity index (χ1v) is 7.70. The van der Waals surface area contributed by atoms with Crippen LogP contribution in [0.1, 0.15) is 23.0 Å². The van der Waals surface area contributed by atoms with Gasteiger partial charge in [-0.05, 0) is 6.07 Å². The number of nitro groups is 1. The van der Waals surface area contributed by atoms with Crippen LogP contribution >= 0.6 is 0 Å². The number of aliphatic carboxylic acids is 4. The Hall–Kier alpha value is -4.35. The predicted octanol–water partition coefficient (Wildman–Crippen LogP) is 1.16. The van der Waals surface area contributed by atoms with E-state index in [1.54, 1.807) is 0 Å². The van der Waals surface area contributed by atoms with Gasteiger partial charge in [0.1, 0.15) is 0 Å². The van der Waals surface area contributed by atoms with Crippen molar-refractivity contribution in [2.75, 3.05) is 0 Å². The van der Waals surface area contributed by atoms with E-state index in [1.807, 2.05) is 0 Å². The van der Waals surface area contributed by atoms with E-state index in [2.05, 4.69) is 4.98 Å². The minimum Gasteiger partial charge on any atom is -0.480 e. The summed E-state index contributed by atoms with van der Waals surface area (Å²) in [5, 5.41) is 48.7. The van der Waals surface area contributed by atoms with E-state index in [1.165, 1.54) is 12.1 Å². The molecule has 0 atom stereocenters. The molecule has 0 aliphatic rings. The average molecular weight is 404 g/mol. The normalized spacial score (nSPS) is 10.7. The first kappa shape index (κ1) is 21.0. The molecular formula is C17H12N2O10. The lowest BCUT2D eigenvalue weighted by Gasteiger charge is -2.19.